The monoisotopic (exact) mass is 257 g/mol. The predicted molar refractivity (Wildman–Crippen MR) is 69.5 cm³/mol. The molecular weight excluding hydrogens is 238 g/mol. The molecule has 0 fully saturated rings. The molecule has 0 saturated heterocycles. The second-order valence-corrected chi connectivity index (χ2v) is 5.06. The molecule has 0 aliphatic carbocycles. The van der Waals surface area contributed by atoms with Crippen LogP contribution < -0.4 is 0 Å². The molecule has 1 aromatic rings. The van der Waals surface area contributed by atoms with Crippen LogP contribution in [0.15, 0.2) is 6.20 Å². The maximum Gasteiger partial charge on any atom is 0.339 e. The lowest BCUT2D eigenvalue weighted by Crippen LogP contribution is -2.31. The number of hydrogen-bond donors (Lipinski definition) is 1. The van der Waals surface area contributed by atoms with Crippen molar-refractivity contribution in [2.45, 2.75) is 19.5 Å². The van der Waals surface area contributed by atoms with Gasteiger partial charge in [0.15, 0.2) is 0 Å². The molecule has 0 amide bonds. The molecule has 0 aromatic carbocycles. The first-order chi connectivity index (χ1) is 7.97. The summed E-state index contributed by atoms with van der Waals surface area (Å²) in [5, 5.41) is 13.1. The van der Waals surface area contributed by atoms with E-state index in [-0.39, 0.29) is 5.56 Å². The minimum Gasteiger partial charge on any atom is -0.478 e. The van der Waals surface area contributed by atoms with Crippen molar-refractivity contribution in [1.29, 1.82) is 0 Å². The number of carbonyl (C=O) groups is 1. The lowest BCUT2D eigenvalue weighted by Gasteiger charge is -2.24. The summed E-state index contributed by atoms with van der Waals surface area (Å²) >= 11 is 1.78. The molecule has 1 atom stereocenters. The third-order valence-corrected chi connectivity index (χ3v) is 3.67. The molecule has 0 saturated carbocycles. The first kappa shape index (κ1) is 14.1. The van der Waals surface area contributed by atoms with Crippen LogP contribution in [0, 0.1) is 0 Å². The van der Waals surface area contributed by atoms with E-state index in [0.717, 1.165) is 11.4 Å². The van der Waals surface area contributed by atoms with Gasteiger partial charge >= 0.3 is 5.97 Å². The number of thioether (sulfide) groups is 1. The standard InChI is InChI=1S/C11H19N3O2S/c1-8(7-17-4)13(2)6-10-9(11(15)16)5-12-14(10)3/h5,8H,6-7H2,1-4H3,(H,15,16). The number of aromatic carboxylic acids is 1. The Morgan fingerprint density at radius 1 is 1.71 bits per heavy atom. The summed E-state index contributed by atoms with van der Waals surface area (Å²) in [7, 11) is 3.77. The Morgan fingerprint density at radius 3 is 2.88 bits per heavy atom. The smallest absolute Gasteiger partial charge is 0.339 e. The van der Waals surface area contributed by atoms with Gasteiger partial charge in [0.05, 0.1) is 11.9 Å². The highest BCUT2D eigenvalue weighted by Gasteiger charge is 2.18. The Morgan fingerprint density at radius 2 is 2.35 bits per heavy atom. The van der Waals surface area contributed by atoms with E-state index in [4.69, 9.17) is 5.11 Å². The van der Waals surface area contributed by atoms with E-state index in [2.05, 4.69) is 23.2 Å². The molecule has 0 radical (unpaired) electrons. The van der Waals surface area contributed by atoms with Gasteiger partial charge in [-0.1, -0.05) is 0 Å². The minimum atomic E-state index is -0.918. The van der Waals surface area contributed by atoms with Gasteiger partial charge in [0.25, 0.3) is 0 Å². The zero-order valence-corrected chi connectivity index (χ0v) is 11.5. The molecule has 0 aliphatic rings. The highest BCUT2D eigenvalue weighted by atomic mass is 32.2. The fourth-order valence-corrected chi connectivity index (χ4v) is 2.33. The van der Waals surface area contributed by atoms with Crippen molar-refractivity contribution in [2.24, 2.45) is 7.05 Å². The fraction of sp³-hybridized carbons (Fsp3) is 0.636. The summed E-state index contributed by atoms with van der Waals surface area (Å²) in [5.74, 6) is 0.107. The highest BCUT2D eigenvalue weighted by molar-refractivity contribution is 7.98. The average molecular weight is 257 g/mol. The van der Waals surface area contributed by atoms with Gasteiger partial charge in [-0.15, -0.1) is 0 Å². The Bertz CT molecular complexity index is 392. The summed E-state index contributed by atoms with van der Waals surface area (Å²) in [6.45, 7) is 2.73. The van der Waals surface area contributed by atoms with Crippen molar-refractivity contribution < 1.29 is 9.90 Å². The normalized spacial score (nSPS) is 13.0. The Kier molecular flexibility index (Phi) is 5.02. The number of rotatable bonds is 6. The Hall–Kier alpha value is -1.01. The number of aryl methyl sites for hydroxylation is 1. The molecule has 1 rings (SSSR count). The van der Waals surface area contributed by atoms with Gasteiger partial charge in [-0.25, -0.2) is 4.79 Å². The largest absolute Gasteiger partial charge is 0.478 e. The number of hydrogen-bond acceptors (Lipinski definition) is 4. The SMILES string of the molecule is CSCC(C)N(C)Cc1c(C(=O)O)cnn1C. The molecule has 1 aromatic heterocycles. The van der Waals surface area contributed by atoms with Crippen molar-refractivity contribution in [3.05, 3.63) is 17.5 Å². The average Bonchev–Trinajstić information content (AvgIpc) is 2.61. The van der Waals surface area contributed by atoms with E-state index in [1.165, 1.54) is 6.20 Å². The third-order valence-electron chi connectivity index (χ3n) is 2.85. The van der Waals surface area contributed by atoms with Gasteiger partial charge in [0, 0.05) is 25.4 Å². The van der Waals surface area contributed by atoms with Gasteiger partial charge < -0.3 is 5.11 Å². The molecule has 0 spiro atoms. The van der Waals surface area contributed by atoms with Crippen LogP contribution in [0.25, 0.3) is 0 Å². The van der Waals surface area contributed by atoms with Crippen molar-refractivity contribution in [1.82, 2.24) is 14.7 Å². The van der Waals surface area contributed by atoms with Crippen LogP contribution in [0.3, 0.4) is 0 Å². The number of aromatic nitrogens is 2. The summed E-state index contributed by atoms with van der Waals surface area (Å²) in [6.07, 6.45) is 3.47. The molecule has 17 heavy (non-hydrogen) atoms. The first-order valence-electron chi connectivity index (χ1n) is 5.40. The van der Waals surface area contributed by atoms with E-state index in [1.807, 2.05) is 7.05 Å². The van der Waals surface area contributed by atoms with E-state index in [0.29, 0.717) is 12.6 Å². The van der Waals surface area contributed by atoms with Crippen LogP contribution >= 0.6 is 11.8 Å². The van der Waals surface area contributed by atoms with Gasteiger partial charge in [0.1, 0.15) is 5.56 Å². The molecule has 1 unspecified atom stereocenters. The summed E-state index contributed by atoms with van der Waals surface area (Å²) in [4.78, 5) is 13.2. The van der Waals surface area contributed by atoms with Crippen molar-refractivity contribution in [3.63, 3.8) is 0 Å². The van der Waals surface area contributed by atoms with Crippen molar-refractivity contribution >= 4 is 17.7 Å². The van der Waals surface area contributed by atoms with Crippen molar-refractivity contribution in [2.75, 3.05) is 19.1 Å². The second kappa shape index (κ2) is 6.07. The quantitative estimate of drug-likeness (QED) is 0.832. The van der Waals surface area contributed by atoms with Crippen LogP contribution in [0.4, 0.5) is 0 Å². The number of carboxylic acid groups (broad SMARTS) is 1. The van der Waals surface area contributed by atoms with E-state index in [9.17, 15) is 4.79 Å². The number of carboxylic acids is 1. The van der Waals surface area contributed by atoms with E-state index < -0.39 is 5.97 Å². The summed E-state index contributed by atoms with van der Waals surface area (Å²) in [6, 6.07) is 0.404. The van der Waals surface area contributed by atoms with Crippen LogP contribution in [0.1, 0.15) is 23.0 Å². The van der Waals surface area contributed by atoms with Gasteiger partial charge in [-0.3, -0.25) is 9.58 Å². The molecular formula is C11H19N3O2S. The maximum absolute atomic E-state index is 11.0. The lowest BCUT2D eigenvalue weighted by molar-refractivity contribution is 0.0694. The second-order valence-electron chi connectivity index (χ2n) is 4.15. The first-order valence-corrected chi connectivity index (χ1v) is 6.80. The highest BCUT2D eigenvalue weighted by Crippen LogP contribution is 2.13. The molecule has 5 nitrogen and oxygen atoms in total. The van der Waals surface area contributed by atoms with E-state index in [1.54, 1.807) is 23.5 Å². The van der Waals surface area contributed by atoms with Crippen LogP contribution in [0.2, 0.25) is 0 Å². The molecule has 6 heteroatoms. The predicted octanol–water partition coefficient (Wildman–Crippen LogP) is 1.30. The lowest BCUT2D eigenvalue weighted by atomic mass is 10.2. The minimum absolute atomic E-state index is 0.288. The Balaban J connectivity index is 2.80. The van der Waals surface area contributed by atoms with Crippen molar-refractivity contribution in [3.8, 4) is 0 Å². The van der Waals surface area contributed by atoms with Gasteiger partial charge in [0.2, 0.25) is 0 Å². The fourth-order valence-electron chi connectivity index (χ4n) is 1.59. The summed E-state index contributed by atoms with van der Waals surface area (Å²) < 4.78 is 1.63. The molecule has 0 aliphatic heterocycles. The zero-order valence-electron chi connectivity index (χ0n) is 10.7. The maximum atomic E-state index is 11.0. The zero-order chi connectivity index (χ0) is 13.0. The third kappa shape index (κ3) is 3.47. The van der Waals surface area contributed by atoms with E-state index >= 15 is 0 Å². The van der Waals surface area contributed by atoms with Crippen LogP contribution in [-0.2, 0) is 13.6 Å². The topological polar surface area (TPSA) is 58.4 Å². The molecule has 0 bridgehead atoms. The Labute approximate surface area is 106 Å². The van der Waals surface area contributed by atoms with Gasteiger partial charge in [-0.2, -0.15) is 16.9 Å². The molecule has 1 N–H and O–H groups in total. The van der Waals surface area contributed by atoms with Gasteiger partial charge in [-0.05, 0) is 20.2 Å². The molecule has 96 valence electrons. The molecule has 1 heterocycles. The summed E-state index contributed by atoms with van der Waals surface area (Å²) in [5.41, 5.74) is 1.03. The van der Waals surface area contributed by atoms with Crippen LogP contribution in [-0.4, -0.2) is 50.9 Å². The number of nitrogens with zero attached hydrogens (tertiary/aromatic N) is 3. The van der Waals surface area contributed by atoms with Crippen LogP contribution in [0.5, 0.6) is 0 Å².